The van der Waals surface area contributed by atoms with Crippen LogP contribution in [-0.2, 0) is 43.9 Å². The van der Waals surface area contributed by atoms with Gasteiger partial charge in [-0.25, -0.2) is 8.98 Å². The highest BCUT2D eigenvalue weighted by atomic mass is 32.3. The number of carboxylic acids is 1. The van der Waals surface area contributed by atoms with Crippen LogP contribution in [0.4, 0.5) is 0 Å². The summed E-state index contributed by atoms with van der Waals surface area (Å²) in [4.78, 5) is 11.2. The molecule has 2 rings (SSSR count). The average molecular weight is 525 g/mol. The highest BCUT2D eigenvalue weighted by Crippen LogP contribution is 2.31. The summed E-state index contributed by atoms with van der Waals surface area (Å²) < 4.78 is 84.5. The van der Waals surface area contributed by atoms with Crippen molar-refractivity contribution in [3.63, 3.8) is 0 Å². The summed E-state index contributed by atoms with van der Waals surface area (Å²) in [5, 5.41) is 48.6. The zero-order valence-corrected chi connectivity index (χ0v) is 18.1. The second kappa shape index (κ2) is 10.8. The Balaban J connectivity index is 2.39. The van der Waals surface area contributed by atoms with E-state index in [0.29, 0.717) is 6.08 Å². The highest BCUT2D eigenvalue weighted by molar-refractivity contribution is 7.83. The number of rotatable bonds is 10. The SMILES string of the molecule is O=C(O)C1=C[C@H](O)[C@@H](OS(=O)(=O)O)[C@@H](O[C@H]2[C@H](O)[C@@H](NS(=O)(=O)O)[C@H](CCO)O[C@@H]2CO)O1. The van der Waals surface area contributed by atoms with E-state index in [4.69, 9.17) is 33.5 Å². The van der Waals surface area contributed by atoms with E-state index in [1.807, 2.05) is 0 Å². The largest absolute Gasteiger partial charge is 0.475 e. The fourth-order valence-corrected chi connectivity index (χ4v) is 4.43. The van der Waals surface area contributed by atoms with Gasteiger partial charge in [0.1, 0.15) is 24.4 Å². The first-order valence-corrected chi connectivity index (χ1v) is 11.9. The van der Waals surface area contributed by atoms with Gasteiger partial charge < -0.3 is 39.7 Å². The number of aliphatic hydroxyl groups excluding tert-OH is 4. The molecule has 0 aliphatic carbocycles. The molecule has 192 valence electrons. The molecule has 33 heavy (non-hydrogen) atoms. The van der Waals surface area contributed by atoms with E-state index in [0.717, 1.165) is 0 Å². The Morgan fingerprint density at radius 3 is 2.21 bits per heavy atom. The number of carboxylic acid groups (broad SMARTS) is 1. The maximum Gasteiger partial charge on any atom is 0.397 e. The van der Waals surface area contributed by atoms with Gasteiger partial charge in [-0.15, -0.1) is 0 Å². The van der Waals surface area contributed by atoms with Crippen LogP contribution in [-0.4, -0.2) is 120 Å². The van der Waals surface area contributed by atoms with Crippen molar-refractivity contribution in [3.8, 4) is 0 Å². The van der Waals surface area contributed by atoms with Gasteiger partial charge in [0, 0.05) is 6.61 Å². The molecule has 0 unspecified atom stereocenters. The Hall–Kier alpha value is -1.49. The van der Waals surface area contributed by atoms with Gasteiger partial charge in [0.2, 0.25) is 12.0 Å². The van der Waals surface area contributed by atoms with E-state index in [-0.39, 0.29) is 6.42 Å². The normalized spacial score (nSPS) is 35.5. The molecule has 8 atom stereocenters. The Labute approximate surface area is 187 Å². The second-order valence-electron chi connectivity index (χ2n) is 6.92. The molecule has 2 aliphatic heterocycles. The van der Waals surface area contributed by atoms with Crippen LogP contribution in [0.25, 0.3) is 0 Å². The van der Waals surface area contributed by atoms with Gasteiger partial charge >= 0.3 is 26.7 Å². The van der Waals surface area contributed by atoms with Crippen molar-refractivity contribution in [2.24, 2.45) is 0 Å². The Morgan fingerprint density at radius 2 is 1.73 bits per heavy atom. The van der Waals surface area contributed by atoms with Crippen molar-refractivity contribution in [2.75, 3.05) is 13.2 Å². The fourth-order valence-electron chi connectivity index (χ4n) is 3.31. The first kappa shape index (κ1) is 27.8. The lowest BCUT2D eigenvalue weighted by atomic mass is 9.91. The summed E-state index contributed by atoms with van der Waals surface area (Å²) in [5.74, 6) is -2.65. The van der Waals surface area contributed by atoms with E-state index in [9.17, 15) is 36.9 Å². The number of hydrogen-bond donors (Lipinski definition) is 8. The number of aliphatic carboxylic acids is 1. The van der Waals surface area contributed by atoms with E-state index < -0.39 is 94.6 Å². The zero-order chi connectivity index (χ0) is 25.1. The predicted molar refractivity (Wildman–Crippen MR) is 99.8 cm³/mol. The number of nitrogens with one attached hydrogen (secondary N) is 1. The summed E-state index contributed by atoms with van der Waals surface area (Å²) in [6, 6.07) is -1.68. The summed E-state index contributed by atoms with van der Waals surface area (Å²) in [6.07, 6.45) is -12.6. The van der Waals surface area contributed by atoms with Gasteiger partial charge in [-0.05, 0) is 12.5 Å². The van der Waals surface area contributed by atoms with E-state index in [2.05, 4.69) is 4.18 Å². The molecule has 0 saturated carbocycles. The molecule has 0 aromatic heterocycles. The van der Waals surface area contributed by atoms with Crippen LogP contribution in [0, 0.1) is 0 Å². The molecule has 8 N–H and O–H groups in total. The van der Waals surface area contributed by atoms with Crippen LogP contribution in [0.1, 0.15) is 6.42 Å². The summed E-state index contributed by atoms with van der Waals surface area (Å²) in [7, 11) is -10.2. The topological polar surface area (TPSA) is 276 Å². The van der Waals surface area contributed by atoms with Crippen molar-refractivity contribution in [2.45, 2.75) is 55.4 Å². The van der Waals surface area contributed by atoms with Gasteiger partial charge in [-0.1, -0.05) is 0 Å². The third-order valence-corrected chi connectivity index (χ3v) is 5.64. The monoisotopic (exact) mass is 525 g/mol. The molecule has 0 aromatic rings. The molecule has 1 saturated heterocycles. The summed E-state index contributed by atoms with van der Waals surface area (Å²) in [5.41, 5.74) is 0. The maximum absolute atomic E-state index is 11.3. The van der Waals surface area contributed by atoms with Crippen LogP contribution in [0.2, 0.25) is 0 Å². The lowest BCUT2D eigenvalue weighted by Crippen LogP contribution is -2.66. The summed E-state index contributed by atoms with van der Waals surface area (Å²) >= 11 is 0. The van der Waals surface area contributed by atoms with Crippen LogP contribution < -0.4 is 4.72 Å². The minimum Gasteiger partial charge on any atom is -0.475 e. The third-order valence-electron chi connectivity index (χ3n) is 4.60. The van der Waals surface area contributed by atoms with E-state index in [1.54, 1.807) is 4.72 Å². The average Bonchev–Trinajstić information content (AvgIpc) is 2.67. The van der Waals surface area contributed by atoms with Crippen LogP contribution in [0.5, 0.6) is 0 Å². The van der Waals surface area contributed by atoms with Gasteiger partial charge in [0.25, 0.3) is 0 Å². The predicted octanol–water partition coefficient (Wildman–Crippen LogP) is -4.49. The molecule has 0 aromatic carbocycles. The molecule has 0 amide bonds. The van der Waals surface area contributed by atoms with Gasteiger partial charge in [0.15, 0.2) is 6.10 Å². The van der Waals surface area contributed by atoms with Crippen molar-refractivity contribution in [1.29, 1.82) is 0 Å². The zero-order valence-electron chi connectivity index (χ0n) is 16.4. The second-order valence-corrected chi connectivity index (χ2v) is 9.15. The van der Waals surface area contributed by atoms with Gasteiger partial charge in [0.05, 0.1) is 18.8 Å². The Bertz CT molecular complexity index is 935. The fraction of sp³-hybridized carbons (Fsp3) is 0.786. The molecular weight excluding hydrogens is 502 g/mol. The van der Waals surface area contributed by atoms with Crippen molar-refractivity contribution < 1.29 is 74.7 Å². The standard InChI is InChI=1S/C14H23NO16S2/c16-2-1-6-9(15-32(22,23)24)10(19)12(8(4-17)28-6)30-14-11(31-33(25,26)27)5(18)3-7(29-14)13(20)21/h3,5-6,8-12,14-19H,1-2,4H2,(H,20,21)(H,22,23,24)(H,25,26,27)/t5-,6-,8+,9-,10+,11+,12+,14+/m0/s1. The molecule has 0 spiro atoms. The smallest absolute Gasteiger partial charge is 0.397 e. The lowest BCUT2D eigenvalue weighted by Gasteiger charge is -2.45. The molecule has 17 nitrogen and oxygen atoms in total. The minimum absolute atomic E-state index is 0.271. The number of aliphatic hydroxyl groups is 4. The van der Waals surface area contributed by atoms with Crippen molar-refractivity contribution in [3.05, 3.63) is 11.8 Å². The van der Waals surface area contributed by atoms with E-state index in [1.165, 1.54) is 0 Å². The van der Waals surface area contributed by atoms with Crippen molar-refractivity contribution >= 4 is 26.7 Å². The molecule has 0 radical (unpaired) electrons. The molecule has 0 bridgehead atoms. The summed E-state index contributed by atoms with van der Waals surface area (Å²) in [6.45, 7) is -1.44. The molecule has 1 fully saturated rings. The van der Waals surface area contributed by atoms with E-state index >= 15 is 0 Å². The lowest BCUT2D eigenvalue weighted by molar-refractivity contribution is -0.281. The molecule has 2 aliphatic rings. The van der Waals surface area contributed by atoms with Crippen LogP contribution in [0.3, 0.4) is 0 Å². The van der Waals surface area contributed by atoms with Gasteiger partial charge in [-0.3, -0.25) is 9.11 Å². The maximum atomic E-state index is 11.3. The number of hydrogen-bond acceptors (Lipinski definition) is 13. The van der Waals surface area contributed by atoms with Crippen molar-refractivity contribution in [1.82, 2.24) is 4.72 Å². The Kier molecular flexibility index (Phi) is 9.12. The number of ether oxygens (including phenoxy) is 3. The first-order valence-electron chi connectivity index (χ1n) is 9.07. The quantitative estimate of drug-likeness (QED) is 0.125. The first-order chi connectivity index (χ1) is 15.2. The third kappa shape index (κ3) is 7.50. The van der Waals surface area contributed by atoms with Gasteiger partial charge in [-0.2, -0.15) is 21.6 Å². The minimum atomic E-state index is -5.24. The molecule has 2 heterocycles. The number of carbonyl (C=O) groups is 1. The van der Waals surface area contributed by atoms with Crippen LogP contribution >= 0.6 is 0 Å². The van der Waals surface area contributed by atoms with Crippen LogP contribution in [0.15, 0.2) is 11.8 Å². The Morgan fingerprint density at radius 1 is 1.09 bits per heavy atom. The highest BCUT2D eigenvalue weighted by Gasteiger charge is 2.50. The molecule has 19 heteroatoms. The molecular formula is C14H23NO16S2.